The second-order valence-corrected chi connectivity index (χ2v) is 11.0. The van der Waals surface area contributed by atoms with Crippen LogP contribution >= 0.6 is 0 Å². The molecule has 2 atom stereocenters. The average Bonchev–Trinajstić information content (AvgIpc) is 3.46. The van der Waals surface area contributed by atoms with Crippen molar-refractivity contribution in [1.29, 1.82) is 0 Å². The Morgan fingerprint density at radius 3 is 2.26 bits per heavy atom. The molecule has 2 heterocycles. The summed E-state index contributed by atoms with van der Waals surface area (Å²) in [6.45, 7) is 6.31. The van der Waals surface area contributed by atoms with Gasteiger partial charge in [0.1, 0.15) is 17.8 Å². The molecule has 0 saturated heterocycles. The maximum Gasteiger partial charge on any atom is 0.573 e. The number of nitrogens with zero attached hydrogens (tertiary/aromatic N) is 1. The summed E-state index contributed by atoms with van der Waals surface area (Å²) in [5, 5.41) is 5.93. The third kappa shape index (κ3) is 7.27. The number of amides is 3. The van der Waals surface area contributed by atoms with Gasteiger partial charge in [0.25, 0.3) is 5.91 Å². The predicted octanol–water partition coefficient (Wildman–Crippen LogP) is 4.56. The number of nitrogens with two attached hydrogens (primary N) is 1. The Kier molecular flexibility index (Phi) is 8.91. The molecule has 0 saturated carbocycles. The van der Waals surface area contributed by atoms with Crippen molar-refractivity contribution in [2.24, 2.45) is 5.73 Å². The lowest BCUT2D eigenvalue weighted by Crippen LogP contribution is -2.47. The number of alkyl halides is 3. The van der Waals surface area contributed by atoms with E-state index in [1.807, 2.05) is 45.0 Å². The minimum absolute atomic E-state index is 0.0635. The summed E-state index contributed by atoms with van der Waals surface area (Å²) < 4.78 is 42.2. The molecule has 2 aliphatic heterocycles. The summed E-state index contributed by atoms with van der Waals surface area (Å²) in [6, 6.07) is 19.3. The van der Waals surface area contributed by atoms with Gasteiger partial charge in [0.15, 0.2) is 0 Å². The fourth-order valence-corrected chi connectivity index (χ4v) is 5.05. The number of carbonyl (C=O) groups excluding carboxylic acids is 3. The minimum Gasteiger partial charge on any atom is -0.406 e. The highest BCUT2D eigenvalue weighted by molar-refractivity contribution is 6.04. The van der Waals surface area contributed by atoms with Crippen molar-refractivity contribution in [2.75, 3.05) is 6.54 Å². The molecular formula is C31H33F3N4O4. The number of fused-ring (bicyclic) bond motifs is 2. The first kappa shape index (κ1) is 30.6. The Hall–Kier alpha value is -4.38. The van der Waals surface area contributed by atoms with E-state index in [-0.39, 0.29) is 42.5 Å². The van der Waals surface area contributed by atoms with Crippen LogP contribution in [0.4, 0.5) is 13.2 Å². The Balaban J connectivity index is 0.000000279. The van der Waals surface area contributed by atoms with E-state index in [2.05, 4.69) is 15.4 Å². The number of para-hydroxylation sites is 1. The highest BCUT2D eigenvalue weighted by atomic mass is 19.4. The quantitative estimate of drug-likeness (QED) is 0.395. The maximum atomic E-state index is 13.0. The monoisotopic (exact) mass is 582 g/mol. The van der Waals surface area contributed by atoms with Crippen LogP contribution in [-0.2, 0) is 22.6 Å². The number of hydrogen-bond donors (Lipinski definition) is 3. The molecule has 0 fully saturated rings. The van der Waals surface area contributed by atoms with Gasteiger partial charge in [-0.1, -0.05) is 60.7 Å². The van der Waals surface area contributed by atoms with Crippen LogP contribution in [-0.4, -0.2) is 41.1 Å². The molecule has 3 amide bonds. The summed E-state index contributed by atoms with van der Waals surface area (Å²) in [5.41, 5.74) is 8.20. The SMILES string of the molecule is CC(C)(C)NC(=O)C1c2ccccc2C(=O)N1CCc1ccccc1OC(F)(F)F.NC(=O)C1NCc2ccccc21. The zero-order chi connectivity index (χ0) is 30.7. The summed E-state index contributed by atoms with van der Waals surface area (Å²) in [7, 11) is 0. The number of benzene rings is 3. The van der Waals surface area contributed by atoms with Gasteiger partial charge in [0.2, 0.25) is 11.8 Å². The van der Waals surface area contributed by atoms with Crippen LogP contribution in [0.3, 0.4) is 0 Å². The van der Waals surface area contributed by atoms with Gasteiger partial charge in [-0.05, 0) is 61.6 Å². The fraction of sp³-hybridized carbons (Fsp3) is 0.323. The summed E-state index contributed by atoms with van der Waals surface area (Å²) >= 11 is 0. The molecule has 42 heavy (non-hydrogen) atoms. The first-order chi connectivity index (χ1) is 19.7. The van der Waals surface area contributed by atoms with Crippen molar-refractivity contribution in [1.82, 2.24) is 15.5 Å². The largest absolute Gasteiger partial charge is 0.573 e. The van der Waals surface area contributed by atoms with Crippen molar-refractivity contribution in [3.63, 3.8) is 0 Å². The van der Waals surface area contributed by atoms with Crippen molar-refractivity contribution in [2.45, 2.75) is 57.7 Å². The smallest absolute Gasteiger partial charge is 0.406 e. The van der Waals surface area contributed by atoms with Gasteiger partial charge in [-0.25, -0.2) is 0 Å². The molecule has 3 aromatic carbocycles. The molecule has 0 aromatic heterocycles. The number of carbonyl (C=O) groups is 3. The van der Waals surface area contributed by atoms with E-state index in [9.17, 15) is 27.6 Å². The molecule has 0 bridgehead atoms. The second-order valence-electron chi connectivity index (χ2n) is 11.0. The van der Waals surface area contributed by atoms with Gasteiger partial charge >= 0.3 is 6.36 Å². The highest BCUT2D eigenvalue weighted by Gasteiger charge is 2.41. The van der Waals surface area contributed by atoms with Gasteiger partial charge < -0.3 is 20.7 Å². The molecule has 2 unspecified atom stereocenters. The van der Waals surface area contributed by atoms with E-state index in [4.69, 9.17) is 5.73 Å². The molecule has 0 radical (unpaired) electrons. The van der Waals surface area contributed by atoms with Gasteiger partial charge in [-0.2, -0.15) is 0 Å². The van der Waals surface area contributed by atoms with Gasteiger partial charge in [-0.3, -0.25) is 19.7 Å². The molecular weight excluding hydrogens is 549 g/mol. The first-order valence-electron chi connectivity index (χ1n) is 13.4. The lowest BCUT2D eigenvalue weighted by Gasteiger charge is -2.29. The van der Waals surface area contributed by atoms with Crippen molar-refractivity contribution in [3.05, 3.63) is 101 Å². The molecule has 5 rings (SSSR count). The van der Waals surface area contributed by atoms with Crippen LogP contribution < -0.4 is 21.1 Å². The van der Waals surface area contributed by atoms with E-state index in [1.54, 1.807) is 30.3 Å². The zero-order valence-electron chi connectivity index (χ0n) is 23.5. The van der Waals surface area contributed by atoms with Crippen molar-refractivity contribution in [3.8, 4) is 5.75 Å². The van der Waals surface area contributed by atoms with E-state index < -0.39 is 17.9 Å². The second kappa shape index (κ2) is 12.2. The van der Waals surface area contributed by atoms with Gasteiger partial charge in [0, 0.05) is 24.2 Å². The summed E-state index contributed by atoms with van der Waals surface area (Å²) in [4.78, 5) is 38.2. The Morgan fingerprint density at radius 1 is 0.976 bits per heavy atom. The normalized spacial score (nSPS) is 17.6. The molecule has 0 aliphatic carbocycles. The van der Waals surface area contributed by atoms with Crippen LogP contribution in [0, 0.1) is 0 Å². The molecule has 0 spiro atoms. The fourth-order valence-electron chi connectivity index (χ4n) is 5.05. The summed E-state index contributed by atoms with van der Waals surface area (Å²) in [6.07, 6.45) is -4.71. The van der Waals surface area contributed by atoms with Crippen LogP contribution in [0.25, 0.3) is 0 Å². The number of hydrogen-bond acceptors (Lipinski definition) is 5. The number of rotatable bonds is 6. The Bertz CT molecular complexity index is 1470. The minimum atomic E-state index is -4.81. The van der Waals surface area contributed by atoms with E-state index in [0.717, 1.165) is 12.1 Å². The molecule has 2 aliphatic rings. The number of nitrogens with one attached hydrogen (secondary N) is 2. The Labute approximate surface area is 242 Å². The van der Waals surface area contributed by atoms with Crippen molar-refractivity contribution >= 4 is 17.7 Å². The number of primary amides is 1. The lowest BCUT2D eigenvalue weighted by molar-refractivity contribution is -0.274. The van der Waals surface area contributed by atoms with E-state index in [0.29, 0.717) is 16.7 Å². The summed E-state index contributed by atoms with van der Waals surface area (Å²) in [5.74, 6) is -1.28. The van der Waals surface area contributed by atoms with Gasteiger partial charge in [-0.15, -0.1) is 13.2 Å². The molecule has 222 valence electrons. The third-order valence-corrected chi connectivity index (χ3v) is 6.77. The van der Waals surface area contributed by atoms with Crippen LogP contribution in [0.5, 0.6) is 5.75 Å². The zero-order valence-corrected chi connectivity index (χ0v) is 23.5. The van der Waals surface area contributed by atoms with Crippen molar-refractivity contribution < 1.29 is 32.3 Å². The molecule has 8 nitrogen and oxygen atoms in total. The highest BCUT2D eigenvalue weighted by Crippen LogP contribution is 2.35. The third-order valence-electron chi connectivity index (χ3n) is 6.77. The van der Waals surface area contributed by atoms with Gasteiger partial charge in [0.05, 0.1) is 0 Å². The number of halogens is 3. The van der Waals surface area contributed by atoms with Crippen LogP contribution in [0.1, 0.15) is 65.5 Å². The van der Waals surface area contributed by atoms with Crippen LogP contribution in [0.15, 0.2) is 72.8 Å². The molecule has 3 aromatic rings. The first-order valence-corrected chi connectivity index (χ1v) is 13.4. The standard InChI is InChI=1S/C22H23F3N2O3.C9H10N2O/c1-21(2,3)26-19(28)18-15-9-5-6-10-16(15)20(29)27(18)13-12-14-8-4-7-11-17(14)30-22(23,24)25;10-9(12)8-7-4-2-1-3-6(7)5-11-8/h4-11,18H,12-13H2,1-3H3,(H,26,28);1-4,8,11H,5H2,(H2,10,12). The maximum absolute atomic E-state index is 13.0. The average molecular weight is 583 g/mol. The Morgan fingerprint density at radius 2 is 1.60 bits per heavy atom. The van der Waals surface area contributed by atoms with E-state index >= 15 is 0 Å². The van der Waals surface area contributed by atoms with Crippen LogP contribution in [0.2, 0.25) is 0 Å². The molecule has 4 N–H and O–H groups in total. The topological polar surface area (TPSA) is 114 Å². The number of ether oxygens (including phenoxy) is 1. The predicted molar refractivity (Wildman–Crippen MR) is 150 cm³/mol. The van der Waals surface area contributed by atoms with E-state index in [1.165, 1.54) is 28.7 Å². The molecule has 11 heteroatoms. The lowest BCUT2D eigenvalue weighted by atomic mass is 10.0.